The number of benzene rings is 1. The van der Waals surface area contributed by atoms with Gasteiger partial charge in [0.15, 0.2) is 9.84 Å². The average molecular weight is 360 g/mol. The predicted octanol–water partition coefficient (Wildman–Crippen LogP) is 3.39. The third-order valence-electron chi connectivity index (χ3n) is 4.16. The van der Waals surface area contributed by atoms with Crippen LogP contribution in [0.5, 0.6) is 0 Å². The maximum Gasteiger partial charge on any atom is 0.179 e. The largest absolute Gasteiger partial charge is 0.316 e. The molecule has 0 radical (unpaired) electrons. The zero-order valence-electron chi connectivity index (χ0n) is 11.8. The van der Waals surface area contributed by atoms with E-state index in [1.54, 1.807) is 24.3 Å². The van der Waals surface area contributed by atoms with Crippen molar-refractivity contribution in [2.45, 2.75) is 43.0 Å². The third-order valence-corrected chi connectivity index (χ3v) is 6.48. The second-order valence-electron chi connectivity index (χ2n) is 5.53. The van der Waals surface area contributed by atoms with E-state index in [1.165, 1.54) is 19.3 Å². The number of rotatable bonds is 5. The smallest absolute Gasteiger partial charge is 0.179 e. The number of sulfone groups is 1. The Kier molecular flexibility index (Phi) is 5.64. The Morgan fingerprint density at radius 1 is 1.20 bits per heavy atom. The molecule has 1 aromatic rings. The lowest BCUT2D eigenvalue weighted by Crippen LogP contribution is -2.40. The van der Waals surface area contributed by atoms with E-state index >= 15 is 0 Å². The van der Waals surface area contributed by atoms with Crippen LogP contribution >= 0.6 is 15.9 Å². The van der Waals surface area contributed by atoms with E-state index in [0.717, 1.165) is 17.3 Å². The molecule has 1 saturated carbocycles. The van der Waals surface area contributed by atoms with E-state index in [2.05, 4.69) is 21.2 Å². The molecule has 0 saturated heterocycles. The summed E-state index contributed by atoms with van der Waals surface area (Å²) in [6.45, 7) is 0. The molecule has 3 nitrogen and oxygen atoms in total. The molecular formula is C15H22BrNO2S. The van der Waals surface area contributed by atoms with Crippen molar-refractivity contribution in [3.63, 3.8) is 0 Å². The first-order valence-corrected chi connectivity index (χ1v) is 9.63. The van der Waals surface area contributed by atoms with Gasteiger partial charge in [-0.2, -0.15) is 0 Å². The van der Waals surface area contributed by atoms with Gasteiger partial charge < -0.3 is 5.32 Å². The second-order valence-corrected chi connectivity index (χ2v) is 8.48. The first-order chi connectivity index (χ1) is 9.53. The lowest BCUT2D eigenvalue weighted by atomic mass is 9.84. The Morgan fingerprint density at radius 2 is 1.80 bits per heavy atom. The van der Waals surface area contributed by atoms with Gasteiger partial charge in [-0.3, -0.25) is 0 Å². The Balaban J connectivity index is 2.10. The highest BCUT2D eigenvalue weighted by molar-refractivity contribution is 9.10. The van der Waals surface area contributed by atoms with Gasteiger partial charge in [-0.1, -0.05) is 35.2 Å². The zero-order valence-corrected chi connectivity index (χ0v) is 14.2. The number of hydrogen-bond donors (Lipinski definition) is 1. The number of hydrogen-bond acceptors (Lipinski definition) is 3. The fourth-order valence-electron chi connectivity index (χ4n) is 2.97. The molecule has 1 atom stereocenters. The standard InChI is InChI=1S/C15H22BrNO2S/c1-17-15(12-5-3-2-4-6-12)11-20(18,19)14-9-7-13(16)8-10-14/h7-10,12,15,17H,2-6,11H2,1H3. The first kappa shape index (κ1) is 16.0. The minimum atomic E-state index is -3.22. The molecule has 112 valence electrons. The molecule has 1 N–H and O–H groups in total. The summed E-state index contributed by atoms with van der Waals surface area (Å²) in [4.78, 5) is 0.414. The summed E-state index contributed by atoms with van der Waals surface area (Å²) in [5.74, 6) is 0.675. The molecule has 1 aliphatic rings. The summed E-state index contributed by atoms with van der Waals surface area (Å²) in [6.07, 6.45) is 6.01. The summed E-state index contributed by atoms with van der Waals surface area (Å²) in [7, 11) is -1.35. The molecule has 0 bridgehead atoms. The SMILES string of the molecule is CNC(CS(=O)(=O)c1ccc(Br)cc1)C1CCCCC1. The Labute approximate surface area is 130 Å². The van der Waals surface area contributed by atoms with Crippen LogP contribution in [0.2, 0.25) is 0 Å². The van der Waals surface area contributed by atoms with Crippen molar-refractivity contribution in [2.75, 3.05) is 12.8 Å². The van der Waals surface area contributed by atoms with Crippen LogP contribution in [0.3, 0.4) is 0 Å². The van der Waals surface area contributed by atoms with E-state index < -0.39 is 9.84 Å². The van der Waals surface area contributed by atoms with Crippen molar-refractivity contribution in [3.8, 4) is 0 Å². The summed E-state index contributed by atoms with van der Waals surface area (Å²) in [5.41, 5.74) is 0. The third kappa shape index (κ3) is 4.06. The molecule has 0 aliphatic heterocycles. The molecule has 20 heavy (non-hydrogen) atoms. The van der Waals surface area contributed by atoms with Crippen molar-refractivity contribution < 1.29 is 8.42 Å². The van der Waals surface area contributed by atoms with Crippen molar-refractivity contribution >= 4 is 25.8 Å². The van der Waals surface area contributed by atoms with Crippen molar-refractivity contribution in [1.82, 2.24) is 5.32 Å². The molecule has 1 unspecified atom stereocenters. The van der Waals surface area contributed by atoms with E-state index in [1.807, 2.05) is 7.05 Å². The maximum absolute atomic E-state index is 12.5. The van der Waals surface area contributed by atoms with Crippen LogP contribution in [0.4, 0.5) is 0 Å². The van der Waals surface area contributed by atoms with E-state index in [4.69, 9.17) is 0 Å². The Hall–Kier alpha value is -0.390. The summed E-state index contributed by atoms with van der Waals surface area (Å²) >= 11 is 3.33. The molecule has 2 rings (SSSR count). The molecule has 5 heteroatoms. The average Bonchev–Trinajstić information content (AvgIpc) is 2.46. The number of halogens is 1. The second kappa shape index (κ2) is 7.05. The van der Waals surface area contributed by atoms with Gasteiger partial charge in [0.25, 0.3) is 0 Å². The van der Waals surface area contributed by atoms with Crippen molar-refractivity contribution in [2.24, 2.45) is 5.92 Å². The molecule has 0 amide bonds. The molecule has 0 aromatic heterocycles. The number of nitrogens with one attached hydrogen (secondary N) is 1. The molecular weight excluding hydrogens is 338 g/mol. The van der Waals surface area contributed by atoms with Crippen LogP contribution in [0.15, 0.2) is 33.6 Å². The van der Waals surface area contributed by atoms with Gasteiger partial charge in [0.2, 0.25) is 0 Å². The fraction of sp³-hybridized carbons (Fsp3) is 0.600. The summed E-state index contributed by atoms with van der Waals surface area (Å²) < 4.78 is 25.9. The van der Waals surface area contributed by atoms with Crippen LogP contribution in [0.1, 0.15) is 32.1 Å². The zero-order chi connectivity index (χ0) is 14.6. The minimum Gasteiger partial charge on any atom is -0.316 e. The van der Waals surface area contributed by atoms with E-state index in [9.17, 15) is 8.42 Å². The quantitative estimate of drug-likeness (QED) is 0.876. The highest BCUT2D eigenvalue weighted by Gasteiger charge is 2.27. The maximum atomic E-state index is 12.5. The monoisotopic (exact) mass is 359 g/mol. The van der Waals surface area contributed by atoms with Gasteiger partial charge in [-0.25, -0.2) is 8.42 Å². The normalized spacial score (nSPS) is 18.9. The summed E-state index contributed by atoms with van der Waals surface area (Å²) in [6, 6.07) is 6.97. The van der Waals surface area contributed by atoms with E-state index in [-0.39, 0.29) is 11.8 Å². The van der Waals surface area contributed by atoms with Gasteiger partial charge in [-0.15, -0.1) is 0 Å². The topological polar surface area (TPSA) is 46.2 Å². The predicted molar refractivity (Wildman–Crippen MR) is 85.6 cm³/mol. The Bertz CT molecular complexity index is 521. The Morgan fingerprint density at radius 3 is 2.35 bits per heavy atom. The van der Waals surface area contributed by atoms with Crippen LogP contribution in [-0.4, -0.2) is 27.3 Å². The molecule has 1 aliphatic carbocycles. The van der Waals surface area contributed by atoms with Gasteiger partial charge in [0.05, 0.1) is 10.6 Å². The highest BCUT2D eigenvalue weighted by Crippen LogP contribution is 2.28. The van der Waals surface area contributed by atoms with Gasteiger partial charge in [-0.05, 0) is 50.1 Å². The fourth-order valence-corrected chi connectivity index (χ4v) is 4.89. The van der Waals surface area contributed by atoms with Gasteiger partial charge in [0.1, 0.15) is 0 Å². The summed E-state index contributed by atoms with van der Waals surface area (Å²) in [5, 5.41) is 3.22. The van der Waals surface area contributed by atoms with Crippen LogP contribution in [0.25, 0.3) is 0 Å². The highest BCUT2D eigenvalue weighted by atomic mass is 79.9. The van der Waals surface area contributed by atoms with E-state index in [0.29, 0.717) is 10.8 Å². The van der Waals surface area contributed by atoms with Gasteiger partial charge in [0, 0.05) is 10.5 Å². The van der Waals surface area contributed by atoms with Crippen LogP contribution in [0, 0.1) is 5.92 Å². The van der Waals surface area contributed by atoms with Crippen molar-refractivity contribution in [3.05, 3.63) is 28.7 Å². The molecule has 1 aromatic carbocycles. The lowest BCUT2D eigenvalue weighted by Gasteiger charge is -2.29. The first-order valence-electron chi connectivity index (χ1n) is 7.18. The minimum absolute atomic E-state index is 0.0592. The van der Waals surface area contributed by atoms with Gasteiger partial charge >= 0.3 is 0 Å². The molecule has 0 spiro atoms. The van der Waals surface area contributed by atoms with Crippen LogP contribution < -0.4 is 5.32 Å². The lowest BCUT2D eigenvalue weighted by molar-refractivity contribution is 0.292. The van der Waals surface area contributed by atoms with Crippen molar-refractivity contribution in [1.29, 1.82) is 0 Å². The molecule has 0 heterocycles. The van der Waals surface area contributed by atoms with Crippen LogP contribution in [-0.2, 0) is 9.84 Å². The molecule has 1 fully saturated rings.